The molecule has 0 radical (unpaired) electrons. The van der Waals surface area contributed by atoms with Gasteiger partial charge >= 0.3 is 6.18 Å². The van der Waals surface area contributed by atoms with Crippen LogP contribution < -0.4 is 5.32 Å². The van der Waals surface area contributed by atoms with Crippen LogP contribution >= 0.6 is 11.6 Å². The van der Waals surface area contributed by atoms with Gasteiger partial charge in [-0.25, -0.2) is 0 Å². The van der Waals surface area contributed by atoms with Gasteiger partial charge in [0.25, 0.3) is 11.6 Å². The van der Waals surface area contributed by atoms with Crippen molar-refractivity contribution in [1.82, 2.24) is 0 Å². The van der Waals surface area contributed by atoms with Crippen LogP contribution in [0.3, 0.4) is 0 Å². The Hall–Kier alpha value is -3.38. The third-order valence-corrected chi connectivity index (χ3v) is 3.53. The van der Waals surface area contributed by atoms with Gasteiger partial charge in [-0.05, 0) is 35.9 Å². The van der Waals surface area contributed by atoms with E-state index in [4.69, 9.17) is 16.9 Å². The van der Waals surface area contributed by atoms with Crippen molar-refractivity contribution >= 4 is 35.0 Å². The van der Waals surface area contributed by atoms with Crippen LogP contribution in [0.15, 0.2) is 48.0 Å². The summed E-state index contributed by atoms with van der Waals surface area (Å²) in [5.74, 6) is -1.01. The Balaban J connectivity index is 2.34. The maximum Gasteiger partial charge on any atom is 0.416 e. The van der Waals surface area contributed by atoms with E-state index in [1.165, 1.54) is 18.2 Å². The highest BCUT2D eigenvalue weighted by Crippen LogP contribution is 2.30. The fourth-order valence-corrected chi connectivity index (χ4v) is 2.24. The number of amides is 1. The molecule has 1 amide bonds. The first-order chi connectivity index (χ1) is 12.6. The molecular formula is C17H9ClF3N3O3. The Bertz CT molecular complexity index is 981. The lowest BCUT2D eigenvalue weighted by atomic mass is 10.1. The summed E-state index contributed by atoms with van der Waals surface area (Å²) in [5, 5.41) is 22.4. The summed E-state index contributed by atoms with van der Waals surface area (Å²) in [5.41, 5.74) is -2.20. The standard InChI is InChI=1S/C17H9ClF3N3O3/c18-13-4-5-14(15(8-13)24(26)27)23-16(25)11(9-22)6-10-2-1-3-12(7-10)17(19,20)21/h1-8H,(H,23,25)/b11-6+. The second-order valence-corrected chi connectivity index (χ2v) is 5.60. The first kappa shape index (κ1) is 19.9. The number of alkyl halides is 3. The van der Waals surface area contributed by atoms with E-state index in [0.29, 0.717) is 0 Å². The third-order valence-electron chi connectivity index (χ3n) is 3.29. The maximum absolute atomic E-state index is 12.7. The summed E-state index contributed by atoms with van der Waals surface area (Å²) in [7, 11) is 0. The average Bonchev–Trinajstić information content (AvgIpc) is 2.60. The number of rotatable bonds is 4. The smallest absolute Gasteiger partial charge is 0.316 e. The number of halogens is 4. The highest BCUT2D eigenvalue weighted by atomic mass is 35.5. The summed E-state index contributed by atoms with van der Waals surface area (Å²) < 4.78 is 38.2. The van der Waals surface area contributed by atoms with Crippen molar-refractivity contribution in [3.05, 3.63) is 74.3 Å². The highest BCUT2D eigenvalue weighted by Gasteiger charge is 2.30. The van der Waals surface area contributed by atoms with Gasteiger partial charge in [0.2, 0.25) is 0 Å². The minimum Gasteiger partial charge on any atom is -0.316 e. The first-order valence-electron chi connectivity index (χ1n) is 7.16. The summed E-state index contributed by atoms with van der Waals surface area (Å²) >= 11 is 5.67. The van der Waals surface area contributed by atoms with E-state index in [2.05, 4.69) is 5.32 Å². The molecule has 10 heteroatoms. The molecule has 0 atom stereocenters. The molecule has 0 heterocycles. The number of nitrogens with zero attached hydrogens (tertiary/aromatic N) is 2. The molecule has 0 bridgehead atoms. The molecule has 0 aromatic heterocycles. The van der Waals surface area contributed by atoms with Crippen molar-refractivity contribution in [2.75, 3.05) is 5.32 Å². The van der Waals surface area contributed by atoms with Gasteiger partial charge in [0.1, 0.15) is 17.3 Å². The zero-order valence-corrected chi connectivity index (χ0v) is 14.0. The number of nitro groups is 1. The molecule has 0 spiro atoms. The number of carbonyl (C=O) groups excluding carboxylic acids is 1. The Morgan fingerprint density at radius 2 is 1.96 bits per heavy atom. The van der Waals surface area contributed by atoms with Gasteiger partial charge in [-0.1, -0.05) is 23.7 Å². The van der Waals surface area contributed by atoms with Gasteiger partial charge in [-0.15, -0.1) is 0 Å². The van der Waals surface area contributed by atoms with Gasteiger partial charge in [0, 0.05) is 11.1 Å². The van der Waals surface area contributed by atoms with Gasteiger partial charge in [-0.2, -0.15) is 18.4 Å². The molecule has 0 saturated carbocycles. The molecule has 2 rings (SSSR count). The SMILES string of the molecule is N#C/C(=C\c1cccc(C(F)(F)F)c1)C(=O)Nc1ccc(Cl)cc1[N+](=O)[O-]. The molecular weight excluding hydrogens is 387 g/mol. The lowest BCUT2D eigenvalue weighted by Crippen LogP contribution is -2.14. The summed E-state index contributed by atoms with van der Waals surface area (Å²) in [4.78, 5) is 22.5. The van der Waals surface area contributed by atoms with Crippen molar-refractivity contribution in [2.45, 2.75) is 6.18 Å². The van der Waals surface area contributed by atoms with Gasteiger partial charge < -0.3 is 5.32 Å². The van der Waals surface area contributed by atoms with Crippen LogP contribution in [0.25, 0.3) is 6.08 Å². The Morgan fingerprint density at radius 3 is 2.56 bits per heavy atom. The van der Waals surface area contributed by atoms with E-state index in [1.807, 2.05) is 0 Å². The number of benzene rings is 2. The molecule has 6 nitrogen and oxygen atoms in total. The molecule has 0 aliphatic rings. The largest absolute Gasteiger partial charge is 0.416 e. The quantitative estimate of drug-likeness (QED) is 0.347. The number of hydrogen-bond acceptors (Lipinski definition) is 4. The number of carbonyl (C=O) groups is 1. The first-order valence-corrected chi connectivity index (χ1v) is 7.54. The van der Waals surface area contributed by atoms with Crippen molar-refractivity contribution < 1.29 is 22.9 Å². The third kappa shape index (κ3) is 5.05. The second kappa shape index (κ2) is 7.88. The van der Waals surface area contributed by atoms with Gasteiger partial charge in [-0.3, -0.25) is 14.9 Å². The van der Waals surface area contributed by atoms with Crippen LogP contribution in [-0.4, -0.2) is 10.8 Å². The fraction of sp³-hybridized carbons (Fsp3) is 0.0588. The molecule has 0 saturated heterocycles. The maximum atomic E-state index is 12.7. The average molecular weight is 396 g/mol. The Labute approximate surface area is 155 Å². The number of anilines is 1. The molecule has 138 valence electrons. The second-order valence-electron chi connectivity index (χ2n) is 5.17. The van der Waals surface area contributed by atoms with E-state index < -0.39 is 33.8 Å². The fourth-order valence-electron chi connectivity index (χ4n) is 2.07. The number of hydrogen-bond donors (Lipinski definition) is 1. The highest BCUT2D eigenvalue weighted by molar-refractivity contribution is 6.31. The monoisotopic (exact) mass is 395 g/mol. The normalized spacial score (nSPS) is 11.6. The van der Waals surface area contributed by atoms with E-state index in [0.717, 1.165) is 30.3 Å². The molecule has 1 N–H and O–H groups in total. The molecule has 0 fully saturated rings. The van der Waals surface area contributed by atoms with E-state index in [9.17, 15) is 28.1 Å². The number of nitriles is 1. The van der Waals surface area contributed by atoms with Crippen LogP contribution in [0.2, 0.25) is 5.02 Å². The lowest BCUT2D eigenvalue weighted by Gasteiger charge is -2.08. The molecule has 2 aromatic carbocycles. The molecule has 0 aliphatic carbocycles. The molecule has 2 aromatic rings. The molecule has 0 aliphatic heterocycles. The molecule has 0 unspecified atom stereocenters. The number of nitrogens with one attached hydrogen (secondary N) is 1. The predicted molar refractivity (Wildman–Crippen MR) is 91.8 cm³/mol. The number of nitro benzene ring substituents is 1. The Morgan fingerprint density at radius 1 is 1.26 bits per heavy atom. The van der Waals surface area contributed by atoms with Crippen molar-refractivity contribution in [2.24, 2.45) is 0 Å². The van der Waals surface area contributed by atoms with Crippen molar-refractivity contribution in [3.63, 3.8) is 0 Å². The minimum absolute atomic E-state index is 0.0258. The van der Waals surface area contributed by atoms with Crippen LogP contribution in [-0.2, 0) is 11.0 Å². The van der Waals surface area contributed by atoms with Crippen LogP contribution in [0.4, 0.5) is 24.5 Å². The van der Waals surface area contributed by atoms with E-state index >= 15 is 0 Å². The summed E-state index contributed by atoms with van der Waals surface area (Å²) in [6.45, 7) is 0. The van der Waals surface area contributed by atoms with E-state index in [1.54, 1.807) is 6.07 Å². The van der Waals surface area contributed by atoms with Crippen LogP contribution in [0.1, 0.15) is 11.1 Å². The topological polar surface area (TPSA) is 96.0 Å². The summed E-state index contributed by atoms with van der Waals surface area (Å²) in [6.07, 6.45) is -3.63. The van der Waals surface area contributed by atoms with Crippen LogP contribution in [0, 0.1) is 21.4 Å². The Kier molecular flexibility index (Phi) is 5.82. The van der Waals surface area contributed by atoms with E-state index in [-0.39, 0.29) is 16.3 Å². The van der Waals surface area contributed by atoms with Crippen molar-refractivity contribution in [3.8, 4) is 6.07 Å². The van der Waals surface area contributed by atoms with Crippen molar-refractivity contribution in [1.29, 1.82) is 5.26 Å². The zero-order chi connectivity index (χ0) is 20.2. The van der Waals surface area contributed by atoms with Gasteiger partial charge in [0.15, 0.2) is 0 Å². The minimum atomic E-state index is -4.58. The van der Waals surface area contributed by atoms with Gasteiger partial charge in [0.05, 0.1) is 10.5 Å². The summed E-state index contributed by atoms with van der Waals surface area (Å²) in [6, 6.07) is 9.08. The lowest BCUT2D eigenvalue weighted by molar-refractivity contribution is -0.383. The molecule has 27 heavy (non-hydrogen) atoms. The predicted octanol–water partition coefficient (Wildman–Crippen LogP) is 4.81. The zero-order valence-electron chi connectivity index (χ0n) is 13.2. The van der Waals surface area contributed by atoms with Crippen LogP contribution in [0.5, 0.6) is 0 Å².